The summed E-state index contributed by atoms with van der Waals surface area (Å²) in [6, 6.07) is 31.0. The number of nitrogens with zero attached hydrogens (tertiary/aromatic N) is 3. The van der Waals surface area contributed by atoms with Gasteiger partial charge in [-0.1, -0.05) is 91.0 Å². The zero-order valence-corrected chi connectivity index (χ0v) is 17.5. The Hall–Kier alpha value is -3.28. The topological polar surface area (TPSA) is 62.4 Å². The van der Waals surface area contributed by atoms with Crippen molar-refractivity contribution in [3.8, 4) is 0 Å². The number of aliphatic hydroxyl groups excluding tert-OH is 1. The van der Waals surface area contributed by atoms with E-state index in [0.717, 1.165) is 5.56 Å². The van der Waals surface area contributed by atoms with Crippen LogP contribution in [0.1, 0.15) is 40.9 Å². The van der Waals surface area contributed by atoms with Crippen LogP contribution in [0.25, 0.3) is 0 Å². The van der Waals surface area contributed by atoms with Gasteiger partial charge in [0.15, 0.2) is 0 Å². The number of hydrogen-bond acceptors (Lipinski definition) is 5. The van der Waals surface area contributed by atoms with Gasteiger partial charge in [-0.3, -0.25) is 4.90 Å². The highest BCUT2D eigenvalue weighted by molar-refractivity contribution is 5.31. The summed E-state index contributed by atoms with van der Waals surface area (Å²) in [6.07, 6.45) is 1.28. The Morgan fingerprint density at radius 2 is 1.29 bits per heavy atom. The monoisotopic (exact) mass is 413 g/mol. The van der Waals surface area contributed by atoms with E-state index >= 15 is 0 Å². The average molecular weight is 414 g/mol. The third kappa shape index (κ3) is 5.66. The second kappa shape index (κ2) is 10.7. The minimum absolute atomic E-state index is 0.0263. The lowest BCUT2D eigenvalue weighted by atomic mass is 9.97. The van der Waals surface area contributed by atoms with Gasteiger partial charge < -0.3 is 9.52 Å². The molecule has 158 valence electrons. The van der Waals surface area contributed by atoms with Gasteiger partial charge in [-0.2, -0.15) is 0 Å². The summed E-state index contributed by atoms with van der Waals surface area (Å²) in [5, 5.41) is 18.1. The minimum atomic E-state index is 0.0263. The van der Waals surface area contributed by atoms with Crippen molar-refractivity contribution in [1.29, 1.82) is 0 Å². The van der Waals surface area contributed by atoms with Crippen LogP contribution in [0.15, 0.2) is 95.4 Å². The number of hydrogen-bond donors (Lipinski definition) is 1. The first kappa shape index (κ1) is 21.0. The molecule has 0 radical (unpaired) electrons. The zero-order chi connectivity index (χ0) is 21.3. The molecular weight excluding hydrogens is 386 g/mol. The Bertz CT molecular complexity index is 996. The Kier molecular flexibility index (Phi) is 7.21. The first-order chi connectivity index (χ1) is 15.3. The molecule has 1 aromatic heterocycles. The van der Waals surface area contributed by atoms with Crippen molar-refractivity contribution in [2.24, 2.45) is 0 Å². The lowest BCUT2D eigenvalue weighted by Crippen LogP contribution is -2.31. The Balaban J connectivity index is 1.59. The molecule has 0 saturated carbocycles. The van der Waals surface area contributed by atoms with Gasteiger partial charge in [0.1, 0.15) is 0 Å². The van der Waals surface area contributed by atoms with Crippen LogP contribution >= 0.6 is 0 Å². The molecule has 0 aliphatic carbocycles. The van der Waals surface area contributed by atoms with Gasteiger partial charge >= 0.3 is 0 Å². The molecule has 31 heavy (non-hydrogen) atoms. The van der Waals surface area contributed by atoms with Crippen LogP contribution < -0.4 is 0 Å². The van der Waals surface area contributed by atoms with Gasteiger partial charge in [-0.15, -0.1) is 10.2 Å². The fourth-order valence-corrected chi connectivity index (χ4v) is 3.83. The molecule has 5 heteroatoms. The molecule has 0 aliphatic heterocycles. The molecule has 5 nitrogen and oxygen atoms in total. The maximum absolute atomic E-state index is 9.49. The molecule has 0 fully saturated rings. The van der Waals surface area contributed by atoms with Crippen molar-refractivity contribution >= 4 is 0 Å². The van der Waals surface area contributed by atoms with E-state index < -0.39 is 0 Å². The van der Waals surface area contributed by atoms with E-state index in [1.807, 2.05) is 30.3 Å². The largest absolute Gasteiger partial charge is 0.424 e. The van der Waals surface area contributed by atoms with Gasteiger partial charge in [0.05, 0.1) is 19.0 Å². The van der Waals surface area contributed by atoms with Crippen molar-refractivity contribution in [3.05, 3.63) is 119 Å². The van der Waals surface area contributed by atoms with Gasteiger partial charge in [-0.25, -0.2) is 0 Å². The highest BCUT2D eigenvalue weighted by atomic mass is 16.4. The third-order valence-electron chi connectivity index (χ3n) is 5.24. The summed E-state index contributed by atoms with van der Waals surface area (Å²) in [6.45, 7) is 1.35. The van der Waals surface area contributed by atoms with E-state index in [4.69, 9.17) is 4.42 Å². The highest BCUT2D eigenvalue weighted by Gasteiger charge is 2.24. The van der Waals surface area contributed by atoms with E-state index in [1.54, 1.807) is 0 Å². The zero-order valence-electron chi connectivity index (χ0n) is 17.5. The Morgan fingerprint density at radius 3 is 1.87 bits per heavy atom. The predicted molar refractivity (Wildman–Crippen MR) is 120 cm³/mol. The molecule has 0 spiro atoms. The van der Waals surface area contributed by atoms with Gasteiger partial charge in [0.2, 0.25) is 11.8 Å². The van der Waals surface area contributed by atoms with Gasteiger partial charge in [0, 0.05) is 13.2 Å². The fraction of sp³-hybridized carbons (Fsp3) is 0.231. The molecular formula is C26H27N3O2. The molecule has 0 unspecified atom stereocenters. The summed E-state index contributed by atoms with van der Waals surface area (Å²) in [5.41, 5.74) is 3.52. The van der Waals surface area contributed by atoms with Crippen LogP contribution in [0, 0.1) is 0 Å². The molecule has 1 heterocycles. The maximum Gasteiger partial charge on any atom is 0.230 e. The molecule has 0 aliphatic rings. The SMILES string of the molecule is OCCCN(Cc1nnc(Cc2ccccc2)o1)C(c1ccccc1)c1ccccc1. The summed E-state index contributed by atoms with van der Waals surface area (Å²) < 4.78 is 5.99. The third-order valence-corrected chi connectivity index (χ3v) is 5.24. The normalized spacial score (nSPS) is 11.3. The quantitative estimate of drug-likeness (QED) is 0.411. The Morgan fingerprint density at radius 1 is 0.742 bits per heavy atom. The summed E-state index contributed by atoms with van der Waals surface area (Å²) in [7, 11) is 0. The highest BCUT2D eigenvalue weighted by Crippen LogP contribution is 2.30. The van der Waals surface area contributed by atoms with Crippen molar-refractivity contribution < 1.29 is 9.52 Å². The second-order valence-corrected chi connectivity index (χ2v) is 7.52. The van der Waals surface area contributed by atoms with Crippen molar-refractivity contribution in [3.63, 3.8) is 0 Å². The van der Waals surface area contributed by atoms with Crippen LogP contribution in [0.2, 0.25) is 0 Å². The van der Waals surface area contributed by atoms with E-state index in [9.17, 15) is 5.11 Å². The predicted octanol–water partition coefficient (Wildman–Crippen LogP) is 4.63. The standard InChI is InChI=1S/C26H27N3O2/c30-18-10-17-29(20-25-28-27-24(31-25)19-21-11-4-1-5-12-21)26(22-13-6-2-7-14-22)23-15-8-3-9-16-23/h1-9,11-16,26,30H,10,17-20H2. The number of rotatable bonds is 10. The summed E-state index contributed by atoms with van der Waals surface area (Å²) in [4.78, 5) is 2.29. The van der Waals surface area contributed by atoms with Crippen LogP contribution in [-0.4, -0.2) is 33.4 Å². The van der Waals surface area contributed by atoms with E-state index in [0.29, 0.717) is 37.7 Å². The molecule has 4 rings (SSSR count). The second-order valence-electron chi connectivity index (χ2n) is 7.52. The van der Waals surface area contributed by atoms with Crippen LogP contribution in [0.3, 0.4) is 0 Å². The molecule has 3 aromatic carbocycles. The average Bonchev–Trinajstić information content (AvgIpc) is 3.26. The minimum Gasteiger partial charge on any atom is -0.424 e. The van der Waals surface area contributed by atoms with E-state index in [1.165, 1.54) is 11.1 Å². The number of aromatic nitrogens is 2. The first-order valence-electron chi connectivity index (χ1n) is 10.6. The van der Waals surface area contributed by atoms with Crippen molar-refractivity contribution in [2.45, 2.75) is 25.4 Å². The first-order valence-corrected chi connectivity index (χ1v) is 10.6. The van der Waals surface area contributed by atoms with E-state index in [2.05, 4.69) is 75.8 Å². The number of benzene rings is 3. The van der Waals surface area contributed by atoms with Crippen molar-refractivity contribution in [1.82, 2.24) is 15.1 Å². The Labute approximate surface area is 183 Å². The van der Waals surface area contributed by atoms with Crippen LogP contribution in [0.4, 0.5) is 0 Å². The summed E-state index contributed by atoms with van der Waals surface area (Å²) in [5.74, 6) is 1.19. The molecule has 1 N–H and O–H groups in total. The van der Waals surface area contributed by atoms with Crippen molar-refractivity contribution in [2.75, 3.05) is 13.2 Å². The molecule has 0 bridgehead atoms. The molecule has 4 aromatic rings. The van der Waals surface area contributed by atoms with Gasteiger partial charge in [-0.05, 0) is 23.1 Å². The van der Waals surface area contributed by atoms with Crippen LogP contribution in [0.5, 0.6) is 0 Å². The van der Waals surface area contributed by atoms with Gasteiger partial charge in [0.25, 0.3) is 0 Å². The maximum atomic E-state index is 9.49. The number of aliphatic hydroxyl groups is 1. The smallest absolute Gasteiger partial charge is 0.230 e. The van der Waals surface area contributed by atoms with Crippen LogP contribution in [-0.2, 0) is 13.0 Å². The fourth-order valence-electron chi connectivity index (χ4n) is 3.83. The molecule has 0 atom stereocenters. The lowest BCUT2D eigenvalue weighted by Gasteiger charge is -2.31. The molecule has 0 amide bonds. The molecule has 0 saturated heterocycles. The lowest BCUT2D eigenvalue weighted by molar-refractivity contribution is 0.171. The summed E-state index contributed by atoms with van der Waals surface area (Å²) >= 11 is 0. The van der Waals surface area contributed by atoms with E-state index in [-0.39, 0.29) is 12.6 Å².